The standard InChI is InChI=1S/C18H13Cl2FN2O2/c1-9-8-11(21)6-7-14(9)22-18(24)15-10(2)25-23-17(15)16-12(19)4-3-5-13(16)20/h3-8H,1-2H3,(H,22,24). The van der Waals surface area contributed by atoms with Crippen LogP contribution in [0.1, 0.15) is 21.7 Å². The lowest BCUT2D eigenvalue weighted by molar-refractivity contribution is 0.102. The summed E-state index contributed by atoms with van der Waals surface area (Å²) in [6, 6.07) is 9.10. The Balaban J connectivity index is 2.03. The first kappa shape index (κ1) is 17.5. The minimum atomic E-state index is -0.445. The van der Waals surface area contributed by atoms with E-state index >= 15 is 0 Å². The predicted octanol–water partition coefficient (Wildman–Crippen LogP) is 5.66. The van der Waals surface area contributed by atoms with Gasteiger partial charge in [-0.2, -0.15) is 0 Å². The highest BCUT2D eigenvalue weighted by Crippen LogP contribution is 2.37. The van der Waals surface area contributed by atoms with Crippen LogP contribution >= 0.6 is 23.2 Å². The van der Waals surface area contributed by atoms with Crippen LogP contribution < -0.4 is 5.32 Å². The molecule has 1 N–H and O–H groups in total. The molecule has 0 radical (unpaired) electrons. The van der Waals surface area contributed by atoms with Crippen molar-refractivity contribution in [1.82, 2.24) is 5.16 Å². The zero-order chi connectivity index (χ0) is 18.1. The van der Waals surface area contributed by atoms with Crippen LogP contribution in [0.5, 0.6) is 0 Å². The van der Waals surface area contributed by atoms with Crippen LogP contribution in [0.2, 0.25) is 10.0 Å². The molecule has 0 fully saturated rings. The number of hydrogen-bond donors (Lipinski definition) is 1. The van der Waals surface area contributed by atoms with Crippen molar-refractivity contribution in [3.05, 3.63) is 69.1 Å². The number of anilines is 1. The van der Waals surface area contributed by atoms with E-state index < -0.39 is 5.91 Å². The van der Waals surface area contributed by atoms with E-state index in [0.29, 0.717) is 32.6 Å². The molecule has 3 rings (SSSR count). The number of hydrogen-bond acceptors (Lipinski definition) is 3. The maximum Gasteiger partial charge on any atom is 0.261 e. The van der Waals surface area contributed by atoms with Crippen molar-refractivity contribution in [2.24, 2.45) is 0 Å². The lowest BCUT2D eigenvalue weighted by atomic mass is 10.0. The maximum atomic E-state index is 13.2. The molecule has 1 aromatic heterocycles. The number of nitrogens with one attached hydrogen (secondary N) is 1. The van der Waals surface area contributed by atoms with E-state index in [1.54, 1.807) is 32.0 Å². The smallest absolute Gasteiger partial charge is 0.261 e. The molecule has 0 saturated heterocycles. The van der Waals surface area contributed by atoms with Crippen molar-refractivity contribution in [2.45, 2.75) is 13.8 Å². The zero-order valence-corrected chi connectivity index (χ0v) is 14.9. The van der Waals surface area contributed by atoms with Gasteiger partial charge in [-0.3, -0.25) is 4.79 Å². The van der Waals surface area contributed by atoms with E-state index in [-0.39, 0.29) is 17.1 Å². The van der Waals surface area contributed by atoms with Crippen molar-refractivity contribution in [3.8, 4) is 11.3 Å². The number of rotatable bonds is 3. The Morgan fingerprint density at radius 1 is 1.16 bits per heavy atom. The summed E-state index contributed by atoms with van der Waals surface area (Å²) in [7, 11) is 0. The third kappa shape index (κ3) is 3.38. The van der Waals surface area contributed by atoms with E-state index in [4.69, 9.17) is 27.7 Å². The third-order valence-corrected chi connectivity index (χ3v) is 4.36. The predicted molar refractivity (Wildman–Crippen MR) is 95.8 cm³/mol. The monoisotopic (exact) mass is 378 g/mol. The second-order valence-electron chi connectivity index (χ2n) is 5.47. The molecule has 4 nitrogen and oxygen atoms in total. The largest absolute Gasteiger partial charge is 0.360 e. The van der Waals surface area contributed by atoms with Gasteiger partial charge in [0.1, 0.15) is 22.8 Å². The second kappa shape index (κ2) is 6.86. The molecule has 0 saturated carbocycles. The van der Waals surface area contributed by atoms with E-state index in [9.17, 15) is 9.18 Å². The van der Waals surface area contributed by atoms with E-state index in [1.807, 2.05) is 0 Å². The summed E-state index contributed by atoms with van der Waals surface area (Å²) in [4.78, 5) is 12.8. The van der Waals surface area contributed by atoms with Gasteiger partial charge in [-0.1, -0.05) is 34.4 Å². The topological polar surface area (TPSA) is 55.1 Å². The van der Waals surface area contributed by atoms with Crippen molar-refractivity contribution < 1.29 is 13.7 Å². The molecule has 2 aromatic carbocycles. The van der Waals surface area contributed by atoms with Gasteiger partial charge in [0.25, 0.3) is 5.91 Å². The number of aromatic nitrogens is 1. The number of benzene rings is 2. The van der Waals surface area contributed by atoms with Gasteiger partial charge in [-0.15, -0.1) is 0 Å². The molecule has 7 heteroatoms. The normalized spacial score (nSPS) is 10.8. The van der Waals surface area contributed by atoms with E-state index in [0.717, 1.165) is 0 Å². The number of carbonyl (C=O) groups excluding carboxylic acids is 1. The van der Waals surface area contributed by atoms with Crippen molar-refractivity contribution in [3.63, 3.8) is 0 Å². The quantitative estimate of drug-likeness (QED) is 0.639. The average Bonchev–Trinajstić information content (AvgIpc) is 2.91. The Labute approximate surface area is 153 Å². The minimum absolute atomic E-state index is 0.221. The highest BCUT2D eigenvalue weighted by Gasteiger charge is 2.25. The van der Waals surface area contributed by atoms with Gasteiger partial charge < -0.3 is 9.84 Å². The van der Waals surface area contributed by atoms with Crippen molar-refractivity contribution in [1.29, 1.82) is 0 Å². The van der Waals surface area contributed by atoms with Gasteiger partial charge >= 0.3 is 0 Å². The Morgan fingerprint density at radius 3 is 2.48 bits per heavy atom. The molecule has 1 amide bonds. The minimum Gasteiger partial charge on any atom is -0.360 e. The summed E-state index contributed by atoms with van der Waals surface area (Å²) in [5.41, 5.74) is 1.98. The van der Waals surface area contributed by atoms with Crippen LogP contribution in [0.15, 0.2) is 40.9 Å². The van der Waals surface area contributed by atoms with Gasteiger partial charge in [0.15, 0.2) is 0 Å². The number of halogens is 3. The summed E-state index contributed by atoms with van der Waals surface area (Å²) >= 11 is 12.4. The van der Waals surface area contributed by atoms with Gasteiger partial charge in [-0.25, -0.2) is 4.39 Å². The summed E-state index contributed by atoms with van der Waals surface area (Å²) in [6.07, 6.45) is 0. The molecule has 0 spiro atoms. The fourth-order valence-electron chi connectivity index (χ4n) is 2.49. The van der Waals surface area contributed by atoms with Crippen LogP contribution in [-0.4, -0.2) is 11.1 Å². The molecular weight excluding hydrogens is 366 g/mol. The van der Waals surface area contributed by atoms with Crippen LogP contribution in [0.4, 0.5) is 10.1 Å². The Morgan fingerprint density at radius 2 is 1.84 bits per heavy atom. The molecular formula is C18H13Cl2FN2O2. The first-order valence-corrected chi connectivity index (χ1v) is 8.12. The van der Waals surface area contributed by atoms with E-state index in [2.05, 4.69) is 10.5 Å². The number of aryl methyl sites for hydroxylation is 2. The number of carbonyl (C=O) groups is 1. The molecule has 1 heterocycles. The Hall–Kier alpha value is -2.37. The van der Waals surface area contributed by atoms with Crippen LogP contribution in [-0.2, 0) is 0 Å². The van der Waals surface area contributed by atoms with Gasteiger partial charge in [0.05, 0.1) is 10.0 Å². The molecule has 0 unspecified atom stereocenters. The zero-order valence-electron chi connectivity index (χ0n) is 13.4. The van der Waals surface area contributed by atoms with Gasteiger partial charge in [-0.05, 0) is 49.7 Å². The highest BCUT2D eigenvalue weighted by molar-refractivity contribution is 6.39. The third-order valence-electron chi connectivity index (χ3n) is 3.73. The van der Waals surface area contributed by atoms with Crippen LogP contribution in [0, 0.1) is 19.7 Å². The van der Waals surface area contributed by atoms with E-state index in [1.165, 1.54) is 18.2 Å². The molecule has 25 heavy (non-hydrogen) atoms. The van der Waals surface area contributed by atoms with Crippen LogP contribution in [0.3, 0.4) is 0 Å². The lowest BCUT2D eigenvalue weighted by Gasteiger charge is -2.10. The first-order chi connectivity index (χ1) is 11.9. The van der Waals surface area contributed by atoms with Crippen molar-refractivity contribution in [2.75, 3.05) is 5.32 Å². The molecule has 0 atom stereocenters. The molecule has 3 aromatic rings. The second-order valence-corrected chi connectivity index (χ2v) is 6.29. The Bertz CT molecular complexity index is 949. The molecule has 0 aliphatic heterocycles. The van der Waals surface area contributed by atoms with Gasteiger partial charge in [0, 0.05) is 11.3 Å². The maximum absolute atomic E-state index is 13.2. The molecule has 0 aliphatic rings. The summed E-state index contributed by atoms with van der Waals surface area (Å²) < 4.78 is 18.4. The Kier molecular flexibility index (Phi) is 4.79. The number of amides is 1. The fourth-order valence-corrected chi connectivity index (χ4v) is 3.06. The SMILES string of the molecule is Cc1cc(F)ccc1NC(=O)c1c(-c2c(Cl)cccc2Cl)noc1C. The fraction of sp³-hybridized carbons (Fsp3) is 0.111. The molecule has 0 aliphatic carbocycles. The molecule has 0 bridgehead atoms. The van der Waals surface area contributed by atoms with Crippen molar-refractivity contribution >= 4 is 34.8 Å². The summed E-state index contributed by atoms with van der Waals surface area (Å²) in [6.45, 7) is 3.32. The van der Waals surface area contributed by atoms with Gasteiger partial charge in [0.2, 0.25) is 0 Å². The summed E-state index contributed by atoms with van der Waals surface area (Å²) in [5, 5.41) is 7.39. The average molecular weight is 379 g/mol. The number of nitrogens with zero attached hydrogens (tertiary/aromatic N) is 1. The first-order valence-electron chi connectivity index (χ1n) is 7.36. The lowest BCUT2D eigenvalue weighted by Crippen LogP contribution is -2.14. The molecule has 128 valence electrons. The van der Waals surface area contributed by atoms with Crippen LogP contribution in [0.25, 0.3) is 11.3 Å². The summed E-state index contributed by atoms with van der Waals surface area (Å²) in [5.74, 6) is -0.497. The highest BCUT2D eigenvalue weighted by atomic mass is 35.5.